The number of aryl methyl sites for hydroxylation is 1. The summed E-state index contributed by atoms with van der Waals surface area (Å²) in [7, 11) is 0. The van der Waals surface area contributed by atoms with Crippen molar-refractivity contribution in [2.75, 3.05) is 5.32 Å². The van der Waals surface area contributed by atoms with Crippen LogP contribution in [0.4, 0.5) is 19.0 Å². The molecule has 0 atom stereocenters. The van der Waals surface area contributed by atoms with Gasteiger partial charge in [-0.05, 0) is 91.9 Å². The van der Waals surface area contributed by atoms with Crippen molar-refractivity contribution >= 4 is 121 Å². The molecule has 9 rings (SSSR count). The molecular formula is C43H26Cl7F3N10O2. The zero-order valence-corrected chi connectivity index (χ0v) is 38.1. The summed E-state index contributed by atoms with van der Waals surface area (Å²) in [6.07, 6.45) is -2.52. The molecule has 0 fully saturated rings. The van der Waals surface area contributed by atoms with Crippen LogP contribution >= 0.6 is 81.2 Å². The average Bonchev–Trinajstić information content (AvgIpc) is 3.92. The first-order valence-electron chi connectivity index (χ1n) is 18.3. The van der Waals surface area contributed by atoms with Gasteiger partial charge in [0.1, 0.15) is 44.1 Å². The molecule has 0 aliphatic heterocycles. The maximum Gasteiger partial charge on any atom is 0.433 e. The minimum Gasteiger partial charge on any atom is -0.337 e. The second-order valence-corrected chi connectivity index (χ2v) is 15.7. The molecule has 3 N–H and O–H groups in total. The monoisotopic (exact) mass is 1020 g/mol. The van der Waals surface area contributed by atoms with Crippen LogP contribution in [-0.4, -0.2) is 57.0 Å². The SMILES string of the molecule is Cc1nc(C(F)(F)F)ccc1C(=O)Nc1ccc(Cl)c(-c2nc3ccccc3[nH]2)n1.Clc1ccc(Cl)c(-c2nc3ccccc3[nH]2)n1.Clc1ccc(Cl)nc1.O=Cc1nc(Cl)ccc1Cl. The minimum absolute atomic E-state index is 0.00466. The number of rotatable bonds is 5. The molecule has 0 unspecified atom stereocenters. The number of alkyl halides is 3. The van der Waals surface area contributed by atoms with E-state index in [-0.39, 0.29) is 27.9 Å². The number of nitrogens with zero attached hydrogens (tertiary/aromatic N) is 7. The summed E-state index contributed by atoms with van der Waals surface area (Å²) in [6.45, 7) is 1.33. The highest BCUT2D eigenvalue weighted by molar-refractivity contribution is 6.35. The highest BCUT2D eigenvalue weighted by Gasteiger charge is 2.33. The third-order valence-electron chi connectivity index (χ3n) is 8.39. The fourth-order valence-corrected chi connectivity index (χ4v) is 6.47. The van der Waals surface area contributed by atoms with Crippen LogP contribution in [0, 0.1) is 6.92 Å². The van der Waals surface area contributed by atoms with Gasteiger partial charge in [0.15, 0.2) is 17.9 Å². The number of H-pyrrole nitrogens is 2. The van der Waals surface area contributed by atoms with Crippen LogP contribution < -0.4 is 5.32 Å². The fourth-order valence-electron chi connectivity index (χ4n) is 5.41. The lowest BCUT2D eigenvalue weighted by Crippen LogP contribution is -2.17. The normalized spacial score (nSPS) is 10.8. The number of para-hydroxylation sites is 4. The molecule has 7 aromatic heterocycles. The lowest BCUT2D eigenvalue weighted by molar-refractivity contribution is -0.141. The summed E-state index contributed by atoms with van der Waals surface area (Å²) in [5, 5.41) is 5.45. The van der Waals surface area contributed by atoms with Crippen molar-refractivity contribution in [2.24, 2.45) is 0 Å². The van der Waals surface area contributed by atoms with Gasteiger partial charge in [-0.15, -0.1) is 0 Å². The van der Waals surface area contributed by atoms with Crippen LogP contribution in [0.5, 0.6) is 0 Å². The molecule has 0 saturated carbocycles. The van der Waals surface area contributed by atoms with Gasteiger partial charge in [-0.3, -0.25) is 9.59 Å². The third kappa shape index (κ3) is 13.1. The van der Waals surface area contributed by atoms with E-state index in [4.69, 9.17) is 81.2 Å². The van der Waals surface area contributed by atoms with Crippen LogP contribution in [0.25, 0.3) is 45.1 Å². The van der Waals surface area contributed by atoms with Gasteiger partial charge in [0, 0.05) is 6.20 Å². The van der Waals surface area contributed by atoms with E-state index in [9.17, 15) is 22.8 Å². The molecule has 0 bridgehead atoms. The summed E-state index contributed by atoms with van der Waals surface area (Å²) < 4.78 is 38.3. The number of fused-ring (bicyclic) bond motifs is 2. The molecule has 0 saturated heterocycles. The molecule has 1 amide bonds. The molecule has 330 valence electrons. The van der Waals surface area contributed by atoms with Crippen molar-refractivity contribution in [2.45, 2.75) is 13.1 Å². The average molecular weight is 1020 g/mol. The summed E-state index contributed by atoms with van der Waals surface area (Å²) in [4.78, 5) is 57.2. The number of carbonyl (C=O) groups is 2. The summed E-state index contributed by atoms with van der Waals surface area (Å²) in [5.74, 6) is 0.571. The van der Waals surface area contributed by atoms with Crippen molar-refractivity contribution in [3.05, 3.63) is 174 Å². The first-order chi connectivity index (χ1) is 31.0. The number of carbonyl (C=O) groups excluding carboxylic acids is 2. The van der Waals surface area contributed by atoms with Gasteiger partial charge in [0.2, 0.25) is 0 Å². The Morgan fingerprint density at radius 3 is 1.65 bits per heavy atom. The van der Waals surface area contributed by atoms with Gasteiger partial charge in [-0.25, -0.2) is 34.9 Å². The number of anilines is 1. The Balaban J connectivity index is 0.000000166. The molecule has 0 radical (unpaired) electrons. The number of aldehydes is 1. The predicted octanol–water partition coefficient (Wildman–Crippen LogP) is 13.8. The molecule has 2 aromatic carbocycles. The topological polar surface area (TPSA) is 168 Å². The summed E-state index contributed by atoms with van der Waals surface area (Å²) in [5.41, 5.74) is 3.31. The largest absolute Gasteiger partial charge is 0.433 e. The summed E-state index contributed by atoms with van der Waals surface area (Å²) in [6, 6.07) is 29.7. The Hall–Kier alpha value is -5.91. The highest BCUT2D eigenvalue weighted by Crippen LogP contribution is 2.30. The molecule has 0 spiro atoms. The number of pyridine rings is 5. The number of aromatic nitrogens is 9. The Bertz CT molecular complexity index is 3050. The Morgan fingerprint density at radius 2 is 1.14 bits per heavy atom. The number of amides is 1. The maximum atomic E-state index is 12.8. The van der Waals surface area contributed by atoms with E-state index >= 15 is 0 Å². The lowest BCUT2D eigenvalue weighted by atomic mass is 10.1. The van der Waals surface area contributed by atoms with Crippen LogP contribution in [0.2, 0.25) is 35.5 Å². The maximum absolute atomic E-state index is 12.8. The molecule has 0 aliphatic carbocycles. The van der Waals surface area contributed by atoms with Crippen LogP contribution in [0.1, 0.15) is 32.2 Å². The van der Waals surface area contributed by atoms with E-state index in [1.54, 1.807) is 30.3 Å². The third-order valence-corrected chi connectivity index (χ3v) is 10.2. The van der Waals surface area contributed by atoms with Crippen LogP contribution in [-0.2, 0) is 6.18 Å². The minimum atomic E-state index is -4.58. The second kappa shape index (κ2) is 21.8. The number of hydrogen-bond donors (Lipinski definition) is 3. The molecular weight excluding hydrogens is 994 g/mol. The Labute approximate surface area is 401 Å². The van der Waals surface area contributed by atoms with Gasteiger partial charge >= 0.3 is 6.18 Å². The van der Waals surface area contributed by atoms with Crippen LogP contribution in [0.3, 0.4) is 0 Å². The number of aromatic amines is 2. The molecule has 22 heteroatoms. The van der Waals surface area contributed by atoms with E-state index in [1.165, 1.54) is 31.3 Å². The smallest absolute Gasteiger partial charge is 0.337 e. The highest BCUT2D eigenvalue weighted by atomic mass is 35.5. The lowest BCUT2D eigenvalue weighted by Gasteiger charge is -2.11. The fraction of sp³-hybridized carbons (Fsp3) is 0.0465. The van der Waals surface area contributed by atoms with E-state index in [0.717, 1.165) is 34.2 Å². The molecule has 65 heavy (non-hydrogen) atoms. The quantitative estimate of drug-likeness (QED) is 0.112. The van der Waals surface area contributed by atoms with Crippen molar-refractivity contribution in [3.63, 3.8) is 0 Å². The second-order valence-electron chi connectivity index (χ2n) is 12.9. The first-order valence-corrected chi connectivity index (χ1v) is 20.9. The van der Waals surface area contributed by atoms with E-state index in [1.807, 2.05) is 48.5 Å². The first kappa shape index (κ1) is 48.5. The predicted molar refractivity (Wildman–Crippen MR) is 250 cm³/mol. The van der Waals surface area contributed by atoms with E-state index in [0.29, 0.717) is 59.7 Å². The van der Waals surface area contributed by atoms with Gasteiger partial charge in [0.25, 0.3) is 5.91 Å². The molecule has 12 nitrogen and oxygen atoms in total. The number of halogens is 10. The Morgan fingerprint density at radius 1 is 0.600 bits per heavy atom. The van der Waals surface area contributed by atoms with E-state index < -0.39 is 17.8 Å². The van der Waals surface area contributed by atoms with Gasteiger partial charge < -0.3 is 15.3 Å². The number of imidazole rings is 2. The number of nitrogens with one attached hydrogen (secondary N) is 3. The zero-order valence-electron chi connectivity index (χ0n) is 32.8. The van der Waals surface area contributed by atoms with Gasteiger partial charge in [-0.2, -0.15) is 13.2 Å². The van der Waals surface area contributed by atoms with E-state index in [2.05, 4.69) is 50.2 Å². The van der Waals surface area contributed by atoms with Crippen molar-refractivity contribution in [1.82, 2.24) is 44.9 Å². The number of benzene rings is 2. The Kier molecular flexibility index (Phi) is 16.3. The summed E-state index contributed by atoms with van der Waals surface area (Å²) >= 11 is 40.1. The van der Waals surface area contributed by atoms with Gasteiger partial charge in [0.05, 0.1) is 53.4 Å². The van der Waals surface area contributed by atoms with Crippen molar-refractivity contribution in [3.8, 4) is 23.0 Å². The van der Waals surface area contributed by atoms with Gasteiger partial charge in [-0.1, -0.05) is 105 Å². The molecule has 0 aliphatic rings. The standard InChI is InChI=1S/C20H13ClF3N5O.C12H7Cl2N3.C6H3Cl2NO.C5H3Cl2N/c1-10-11(6-8-15(25-10)20(22,23)24)19(30)29-16-9-7-12(21)17(28-16)18-26-13-4-2-3-5-14(13)27-18;13-7-5-6-10(14)17-11(7)12-15-8-3-1-2-4-9(8)16-12;7-4-1-2-6(8)9-5(4)3-10;6-4-1-2-5(7)8-3-4/h2-9H,1H3,(H,26,27)(H,28,29,30);1-6H,(H,15,16);1-3H;1-3H. The zero-order chi connectivity index (χ0) is 46.8. The molecule has 9 aromatic rings. The molecule has 7 heterocycles. The van der Waals surface area contributed by atoms with Crippen LogP contribution in [0.15, 0.2) is 115 Å². The van der Waals surface area contributed by atoms with Crippen molar-refractivity contribution in [1.29, 1.82) is 0 Å². The van der Waals surface area contributed by atoms with Crippen molar-refractivity contribution < 1.29 is 22.8 Å². The number of hydrogen-bond acceptors (Lipinski definition) is 9.